The molecule has 0 aliphatic heterocycles. The summed E-state index contributed by atoms with van der Waals surface area (Å²) < 4.78 is 6.80. The van der Waals surface area contributed by atoms with Gasteiger partial charge in [0.15, 0.2) is 0 Å². The van der Waals surface area contributed by atoms with Crippen molar-refractivity contribution in [3.63, 3.8) is 0 Å². The van der Waals surface area contributed by atoms with Crippen LogP contribution in [0.1, 0.15) is 18.2 Å². The summed E-state index contributed by atoms with van der Waals surface area (Å²) in [7, 11) is 1.83. The van der Waals surface area contributed by atoms with Crippen LogP contribution in [0.15, 0.2) is 16.8 Å². The Morgan fingerprint density at radius 2 is 2.50 bits per heavy atom. The van der Waals surface area contributed by atoms with Crippen molar-refractivity contribution in [1.82, 2.24) is 19.9 Å². The zero-order valence-electron chi connectivity index (χ0n) is 8.66. The first-order valence-corrected chi connectivity index (χ1v) is 5.01. The van der Waals surface area contributed by atoms with E-state index in [-0.39, 0.29) is 11.8 Å². The third kappa shape index (κ3) is 1.37. The van der Waals surface area contributed by atoms with Gasteiger partial charge < -0.3 is 4.52 Å². The Balaban J connectivity index is 1.86. The molecule has 1 saturated carbocycles. The number of nitrogens with zero attached hydrogens (tertiary/aromatic N) is 5. The van der Waals surface area contributed by atoms with Crippen molar-refractivity contribution in [3.05, 3.63) is 18.2 Å². The minimum atomic E-state index is 0.0389. The maximum Gasteiger partial charge on any atom is 0.231 e. The van der Waals surface area contributed by atoms with Gasteiger partial charge in [-0.25, -0.2) is 0 Å². The first-order valence-electron chi connectivity index (χ1n) is 5.01. The highest BCUT2D eigenvalue weighted by atomic mass is 16.5. The van der Waals surface area contributed by atoms with E-state index < -0.39 is 0 Å². The standard InChI is InChI=1S/C10H9N5O/c1-15-3-2-8(13-15)9-12-10(16-14-9)7-4-6(7)5-11/h2-3,6-7H,4H2,1H3. The zero-order chi connectivity index (χ0) is 11.1. The van der Waals surface area contributed by atoms with Crippen LogP contribution in [0.25, 0.3) is 11.5 Å². The molecule has 2 aromatic heterocycles. The van der Waals surface area contributed by atoms with Gasteiger partial charge in [-0.15, -0.1) is 0 Å². The van der Waals surface area contributed by atoms with Gasteiger partial charge in [0.2, 0.25) is 11.7 Å². The van der Waals surface area contributed by atoms with Crippen LogP contribution < -0.4 is 0 Å². The molecule has 0 N–H and O–H groups in total. The molecule has 2 unspecified atom stereocenters. The predicted octanol–water partition coefficient (Wildman–Crippen LogP) is 1.10. The van der Waals surface area contributed by atoms with Gasteiger partial charge in [-0.3, -0.25) is 4.68 Å². The lowest BCUT2D eigenvalue weighted by molar-refractivity contribution is 0.378. The number of aryl methyl sites for hydroxylation is 1. The second-order valence-electron chi connectivity index (χ2n) is 3.91. The van der Waals surface area contributed by atoms with Crippen molar-refractivity contribution in [2.24, 2.45) is 13.0 Å². The van der Waals surface area contributed by atoms with Crippen LogP contribution in [0.2, 0.25) is 0 Å². The second-order valence-corrected chi connectivity index (χ2v) is 3.91. The topological polar surface area (TPSA) is 80.5 Å². The van der Waals surface area contributed by atoms with E-state index in [1.54, 1.807) is 4.68 Å². The average molecular weight is 215 g/mol. The Bertz CT molecular complexity index is 564. The smallest absolute Gasteiger partial charge is 0.231 e. The molecule has 6 nitrogen and oxygen atoms in total. The first-order chi connectivity index (χ1) is 7.78. The van der Waals surface area contributed by atoms with E-state index in [0.717, 1.165) is 6.42 Å². The molecule has 80 valence electrons. The predicted molar refractivity (Wildman–Crippen MR) is 53.0 cm³/mol. The molecular weight excluding hydrogens is 206 g/mol. The van der Waals surface area contributed by atoms with Crippen molar-refractivity contribution >= 4 is 0 Å². The molecule has 1 aliphatic carbocycles. The molecule has 2 heterocycles. The van der Waals surface area contributed by atoms with Crippen LogP contribution >= 0.6 is 0 Å². The number of hydrogen-bond donors (Lipinski definition) is 0. The van der Waals surface area contributed by atoms with Crippen molar-refractivity contribution in [2.75, 3.05) is 0 Å². The van der Waals surface area contributed by atoms with Gasteiger partial charge >= 0.3 is 0 Å². The largest absolute Gasteiger partial charge is 0.339 e. The average Bonchev–Trinajstić information content (AvgIpc) is 2.71. The summed E-state index contributed by atoms with van der Waals surface area (Å²) in [5.74, 6) is 1.19. The minimum absolute atomic E-state index is 0.0389. The lowest BCUT2D eigenvalue weighted by Gasteiger charge is -1.85. The van der Waals surface area contributed by atoms with Crippen LogP contribution in [0, 0.1) is 17.2 Å². The van der Waals surface area contributed by atoms with E-state index in [1.807, 2.05) is 19.3 Å². The van der Waals surface area contributed by atoms with Crippen molar-refractivity contribution in [1.29, 1.82) is 5.26 Å². The Morgan fingerprint density at radius 1 is 1.62 bits per heavy atom. The van der Waals surface area contributed by atoms with Crippen LogP contribution in [0.4, 0.5) is 0 Å². The molecule has 6 heteroatoms. The summed E-state index contributed by atoms with van der Waals surface area (Å²) in [5.41, 5.74) is 0.687. The molecular formula is C10H9N5O. The normalized spacial score (nSPS) is 23.0. The van der Waals surface area contributed by atoms with Crippen LogP contribution in [-0.2, 0) is 7.05 Å². The van der Waals surface area contributed by atoms with Crippen molar-refractivity contribution in [2.45, 2.75) is 12.3 Å². The molecule has 1 aliphatic rings. The molecule has 2 aromatic rings. The van der Waals surface area contributed by atoms with Crippen LogP contribution in [0.3, 0.4) is 0 Å². The quantitative estimate of drug-likeness (QED) is 0.749. The van der Waals surface area contributed by atoms with Gasteiger partial charge in [-0.05, 0) is 12.5 Å². The molecule has 0 aromatic carbocycles. The zero-order valence-corrected chi connectivity index (χ0v) is 8.66. The number of hydrogen-bond acceptors (Lipinski definition) is 5. The van der Waals surface area contributed by atoms with Gasteiger partial charge in [0.1, 0.15) is 5.69 Å². The Labute approximate surface area is 91.5 Å². The summed E-state index contributed by atoms with van der Waals surface area (Å²) >= 11 is 0. The number of aromatic nitrogens is 4. The maximum atomic E-state index is 8.71. The van der Waals surface area contributed by atoms with Crippen LogP contribution in [0.5, 0.6) is 0 Å². The summed E-state index contributed by atoms with van der Waals surface area (Å²) in [6, 6.07) is 4.02. The van der Waals surface area contributed by atoms with Gasteiger partial charge in [0, 0.05) is 13.2 Å². The number of rotatable bonds is 2. The second kappa shape index (κ2) is 3.17. The fourth-order valence-electron chi connectivity index (χ4n) is 1.63. The summed E-state index contributed by atoms with van der Waals surface area (Å²) in [4.78, 5) is 4.25. The van der Waals surface area contributed by atoms with Crippen molar-refractivity contribution in [3.8, 4) is 17.6 Å². The Kier molecular flexibility index (Phi) is 1.80. The lowest BCUT2D eigenvalue weighted by Crippen LogP contribution is -1.89. The highest BCUT2D eigenvalue weighted by molar-refractivity contribution is 5.47. The minimum Gasteiger partial charge on any atom is -0.339 e. The van der Waals surface area contributed by atoms with E-state index in [2.05, 4.69) is 21.3 Å². The molecule has 2 atom stereocenters. The number of nitriles is 1. The maximum absolute atomic E-state index is 8.71. The third-order valence-corrected chi connectivity index (χ3v) is 2.66. The molecule has 0 radical (unpaired) electrons. The van der Waals surface area contributed by atoms with Gasteiger partial charge in [0.25, 0.3) is 0 Å². The van der Waals surface area contributed by atoms with E-state index >= 15 is 0 Å². The Hall–Kier alpha value is -2.16. The highest BCUT2D eigenvalue weighted by Crippen LogP contribution is 2.46. The van der Waals surface area contributed by atoms with Gasteiger partial charge in [-0.2, -0.15) is 15.3 Å². The molecule has 0 saturated heterocycles. The fraction of sp³-hybridized carbons (Fsp3) is 0.400. The highest BCUT2D eigenvalue weighted by Gasteiger charge is 2.43. The van der Waals surface area contributed by atoms with Crippen molar-refractivity contribution < 1.29 is 4.52 Å². The van der Waals surface area contributed by atoms with E-state index in [0.29, 0.717) is 17.4 Å². The Morgan fingerprint density at radius 3 is 3.12 bits per heavy atom. The summed E-state index contributed by atoms with van der Waals surface area (Å²) in [6.45, 7) is 0. The molecule has 16 heavy (non-hydrogen) atoms. The van der Waals surface area contributed by atoms with E-state index in [1.165, 1.54) is 0 Å². The molecule has 1 fully saturated rings. The van der Waals surface area contributed by atoms with E-state index in [4.69, 9.17) is 9.78 Å². The van der Waals surface area contributed by atoms with E-state index in [9.17, 15) is 0 Å². The lowest BCUT2D eigenvalue weighted by atomic mass is 10.3. The molecule has 0 spiro atoms. The summed E-state index contributed by atoms with van der Waals surface area (Å²) in [6.07, 6.45) is 2.64. The monoisotopic (exact) mass is 215 g/mol. The summed E-state index contributed by atoms with van der Waals surface area (Å²) in [5, 5.41) is 16.7. The van der Waals surface area contributed by atoms with Gasteiger partial charge in [-0.1, -0.05) is 5.16 Å². The molecule has 0 amide bonds. The third-order valence-electron chi connectivity index (χ3n) is 2.66. The van der Waals surface area contributed by atoms with Crippen LogP contribution in [-0.4, -0.2) is 19.9 Å². The van der Waals surface area contributed by atoms with Gasteiger partial charge in [0.05, 0.1) is 17.9 Å². The first kappa shape index (κ1) is 9.09. The molecule has 0 bridgehead atoms. The molecule has 3 rings (SSSR count). The SMILES string of the molecule is Cn1ccc(-c2noc(C3CC3C#N)n2)n1. The fourth-order valence-corrected chi connectivity index (χ4v) is 1.63.